The van der Waals surface area contributed by atoms with Gasteiger partial charge in [0.2, 0.25) is 0 Å². The number of carbonyl (C=O) groups excluding carboxylic acids is 1. The topological polar surface area (TPSA) is 61.4 Å². The van der Waals surface area contributed by atoms with Crippen LogP contribution in [-0.4, -0.2) is 47.1 Å². The SMILES string of the molecule is CCc1nc(C)nc(N2CCN(C(=O)Nc3ccc(C)c(C)c3)CC2)c1Cc1cccc(F)c1. The first kappa shape index (κ1) is 23.7. The van der Waals surface area contributed by atoms with Crippen LogP contribution in [0.4, 0.5) is 20.7 Å². The quantitative estimate of drug-likeness (QED) is 0.578. The van der Waals surface area contributed by atoms with Crippen LogP contribution in [0.15, 0.2) is 42.5 Å². The molecule has 0 unspecified atom stereocenters. The highest BCUT2D eigenvalue weighted by atomic mass is 19.1. The Morgan fingerprint density at radius 1 is 1.00 bits per heavy atom. The summed E-state index contributed by atoms with van der Waals surface area (Å²) in [5.41, 5.74) is 6.08. The molecule has 0 bridgehead atoms. The van der Waals surface area contributed by atoms with Gasteiger partial charge in [-0.1, -0.05) is 25.1 Å². The number of hydrogen-bond donors (Lipinski definition) is 1. The summed E-state index contributed by atoms with van der Waals surface area (Å²) in [5, 5.41) is 3.02. The van der Waals surface area contributed by atoms with Crippen molar-refractivity contribution in [3.8, 4) is 0 Å². The Balaban J connectivity index is 1.49. The Hall–Kier alpha value is -3.48. The zero-order valence-corrected chi connectivity index (χ0v) is 20.4. The van der Waals surface area contributed by atoms with Crippen molar-refractivity contribution in [1.82, 2.24) is 14.9 Å². The van der Waals surface area contributed by atoms with Crippen LogP contribution in [0, 0.1) is 26.6 Å². The molecule has 7 heteroatoms. The molecule has 3 aromatic rings. The number of amides is 2. The summed E-state index contributed by atoms with van der Waals surface area (Å²) in [6, 6.07) is 12.6. The molecule has 4 rings (SSSR count). The number of nitrogens with zero attached hydrogens (tertiary/aromatic N) is 4. The minimum Gasteiger partial charge on any atom is -0.353 e. The second-order valence-electron chi connectivity index (χ2n) is 8.88. The third-order valence-corrected chi connectivity index (χ3v) is 6.41. The predicted octanol–water partition coefficient (Wildman–Crippen LogP) is 5.05. The molecule has 1 fully saturated rings. The van der Waals surface area contributed by atoms with Gasteiger partial charge < -0.3 is 15.1 Å². The van der Waals surface area contributed by atoms with E-state index in [0.29, 0.717) is 32.6 Å². The lowest BCUT2D eigenvalue weighted by molar-refractivity contribution is 0.208. The van der Waals surface area contributed by atoms with Crippen molar-refractivity contribution in [3.63, 3.8) is 0 Å². The number of hydrogen-bond acceptors (Lipinski definition) is 4. The van der Waals surface area contributed by atoms with Crippen molar-refractivity contribution in [2.24, 2.45) is 0 Å². The summed E-state index contributed by atoms with van der Waals surface area (Å²) in [5.74, 6) is 1.38. The van der Waals surface area contributed by atoms with E-state index >= 15 is 0 Å². The molecule has 6 nitrogen and oxygen atoms in total. The lowest BCUT2D eigenvalue weighted by Gasteiger charge is -2.36. The molecule has 2 heterocycles. The van der Waals surface area contributed by atoms with Gasteiger partial charge in [-0.25, -0.2) is 19.2 Å². The molecule has 1 saturated heterocycles. The molecule has 34 heavy (non-hydrogen) atoms. The van der Waals surface area contributed by atoms with Gasteiger partial charge in [-0.2, -0.15) is 0 Å². The predicted molar refractivity (Wildman–Crippen MR) is 134 cm³/mol. The third kappa shape index (κ3) is 5.35. The van der Waals surface area contributed by atoms with Gasteiger partial charge >= 0.3 is 6.03 Å². The van der Waals surface area contributed by atoms with Crippen molar-refractivity contribution in [2.75, 3.05) is 36.4 Å². The summed E-state index contributed by atoms with van der Waals surface area (Å²) in [6.07, 6.45) is 1.35. The first-order chi connectivity index (χ1) is 16.3. The number of aryl methyl sites for hydroxylation is 4. The fourth-order valence-electron chi connectivity index (χ4n) is 4.37. The zero-order chi connectivity index (χ0) is 24.2. The fraction of sp³-hybridized carbons (Fsp3) is 0.370. The summed E-state index contributed by atoms with van der Waals surface area (Å²) in [4.78, 5) is 26.3. The van der Waals surface area contributed by atoms with E-state index in [-0.39, 0.29) is 11.8 Å². The molecule has 2 aromatic carbocycles. The van der Waals surface area contributed by atoms with Gasteiger partial charge in [-0.3, -0.25) is 0 Å². The maximum atomic E-state index is 13.8. The van der Waals surface area contributed by atoms with Gasteiger partial charge in [-0.15, -0.1) is 0 Å². The highest BCUT2D eigenvalue weighted by Crippen LogP contribution is 2.26. The molecule has 0 atom stereocenters. The molecule has 1 aliphatic rings. The monoisotopic (exact) mass is 461 g/mol. The Morgan fingerprint density at radius 3 is 2.44 bits per heavy atom. The Kier molecular flexibility index (Phi) is 7.10. The highest BCUT2D eigenvalue weighted by molar-refractivity contribution is 5.89. The molecule has 0 spiro atoms. The average Bonchev–Trinajstić information content (AvgIpc) is 2.82. The van der Waals surface area contributed by atoms with Crippen LogP contribution in [0.2, 0.25) is 0 Å². The van der Waals surface area contributed by atoms with E-state index in [1.165, 1.54) is 11.6 Å². The molecular formula is C27H32FN5O. The van der Waals surface area contributed by atoms with Crippen LogP contribution in [0.3, 0.4) is 0 Å². The summed E-state index contributed by atoms with van der Waals surface area (Å²) < 4.78 is 13.8. The largest absolute Gasteiger partial charge is 0.353 e. The molecule has 178 valence electrons. The van der Waals surface area contributed by atoms with Crippen LogP contribution >= 0.6 is 0 Å². The first-order valence-electron chi connectivity index (χ1n) is 11.8. The van der Waals surface area contributed by atoms with E-state index < -0.39 is 0 Å². The number of anilines is 2. The number of benzene rings is 2. The highest BCUT2D eigenvalue weighted by Gasteiger charge is 2.25. The lowest BCUT2D eigenvalue weighted by atomic mass is 10.0. The molecule has 0 aliphatic carbocycles. The standard InChI is InChI=1S/C27H32FN5O/c1-5-25-24(17-21-7-6-8-22(28)16-21)26(30-20(4)29-25)32-11-13-33(14-12-32)27(34)31-23-10-9-18(2)19(3)15-23/h6-10,15-16H,5,11-14,17H2,1-4H3,(H,31,34). The maximum absolute atomic E-state index is 13.8. The van der Waals surface area contributed by atoms with Crippen molar-refractivity contribution in [1.29, 1.82) is 0 Å². The first-order valence-corrected chi connectivity index (χ1v) is 11.8. The summed E-state index contributed by atoms with van der Waals surface area (Å²) in [6.45, 7) is 10.6. The Morgan fingerprint density at radius 2 is 1.76 bits per heavy atom. The van der Waals surface area contributed by atoms with Gasteiger partial charge in [0.25, 0.3) is 0 Å². The van der Waals surface area contributed by atoms with E-state index in [1.54, 1.807) is 12.1 Å². The second kappa shape index (κ2) is 10.2. The van der Waals surface area contributed by atoms with Crippen LogP contribution in [-0.2, 0) is 12.8 Å². The molecule has 2 amide bonds. The van der Waals surface area contributed by atoms with Crippen molar-refractivity contribution < 1.29 is 9.18 Å². The smallest absolute Gasteiger partial charge is 0.321 e. The van der Waals surface area contributed by atoms with Crippen LogP contribution in [0.1, 0.15) is 40.7 Å². The molecule has 1 aliphatic heterocycles. The molecule has 1 aromatic heterocycles. The van der Waals surface area contributed by atoms with Crippen LogP contribution in [0.5, 0.6) is 0 Å². The number of halogens is 1. The van der Waals surface area contributed by atoms with E-state index in [4.69, 9.17) is 4.98 Å². The van der Waals surface area contributed by atoms with Gasteiger partial charge in [0, 0.05) is 49.5 Å². The van der Waals surface area contributed by atoms with Gasteiger partial charge in [0.05, 0.1) is 0 Å². The molecular weight excluding hydrogens is 429 g/mol. The van der Waals surface area contributed by atoms with Crippen molar-refractivity contribution in [3.05, 3.63) is 82.1 Å². The maximum Gasteiger partial charge on any atom is 0.321 e. The number of rotatable bonds is 5. The second-order valence-corrected chi connectivity index (χ2v) is 8.88. The van der Waals surface area contributed by atoms with Crippen molar-refractivity contribution in [2.45, 2.75) is 40.5 Å². The van der Waals surface area contributed by atoms with E-state index in [0.717, 1.165) is 46.1 Å². The van der Waals surface area contributed by atoms with E-state index in [9.17, 15) is 9.18 Å². The van der Waals surface area contributed by atoms with Crippen LogP contribution < -0.4 is 10.2 Å². The third-order valence-electron chi connectivity index (χ3n) is 6.41. The number of aromatic nitrogens is 2. The summed E-state index contributed by atoms with van der Waals surface area (Å²) >= 11 is 0. The summed E-state index contributed by atoms with van der Waals surface area (Å²) in [7, 11) is 0. The Bertz CT molecular complexity index is 1190. The van der Waals surface area contributed by atoms with E-state index in [1.807, 2.05) is 43.0 Å². The molecule has 0 saturated carbocycles. The molecule has 1 N–H and O–H groups in total. The van der Waals surface area contributed by atoms with Crippen LogP contribution in [0.25, 0.3) is 0 Å². The minimum absolute atomic E-state index is 0.0870. The number of piperazine rings is 1. The molecule has 0 radical (unpaired) electrons. The Labute approximate surface area is 200 Å². The minimum atomic E-state index is -0.242. The number of urea groups is 1. The lowest BCUT2D eigenvalue weighted by Crippen LogP contribution is -2.50. The van der Waals surface area contributed by atoms with Crippen molar-refractivity contribution >= 4 is 17.5 Å². The van der Waals surface area contributed by atoms with Gasteiger partial charge in [-0.05, 0) is 68.1 Å². The van der Waals surface area contributed by atoms with E-state index in [2.05, 4.69) is 29.0 Å². The average molecular weight is 462 g/mol. The zero-order valence-electron chi connectivity index (χ0n) is 20.4. The van der Waals surface area contributed by atoms with Gasteiger partial charge in [0.1, 0.15) is 17.5 Å². The normalized spacial score (nSPS) is 13.8. The number of carbonyl (C=O) groups is 1. The number of nitrogens with one attached hydrogen (secondary N) is 1. The fourth-order valence-corrected chi connectivity index (χ4v) is 4.37. The van der Waals surface area contributed by atoms with Gasteiger partial charge in [0.15, 0.2) is 0 Å².